The molecule has 1 fully saturated rings. The zero-order valence-electron chi connectivity index (χ0n) is 10.0. The zero-order valence-corrected chi connectivity index (χ0v) is 10.0. The van der Waals surface area contributed by atoms with Crippen molar-refractivity contribution in [3.05, 3.63) is 35.9 Å². The molecule has 0 saturated carbocycles. The van der Waals surface area contributed by atoms with Crippen molar-refractivity contribution in [1.82, 2.24) is 4.90 Å². The summed E-state index contributed by atoms with van der Waals surface area (Å²) in [4.78, 5) is 13.2. The van der Waals surface area contributed by atoms with Crippen LogP contribution < -0.4 is 0 Å². The first kappa shape index (κ1) is 12.1. The van der Waals surface area contributed by atoms with Gasteiger partial charge in [-0.2, -0.15) is 0 Å². The molecular weight excluding hydrogens is 214 g/mol. The van der Waals surface area contributed by atoms with Crippen molar-refractivity contribution in [1.29, 1.82) is 0 Å². The molecule has 0 spiro atoms. The smallest absolute Gasteiger partial charge is 0.304 e. The van der Waals surface area contributed by atoms with Crippen molar-refractivity contribution in [3.8, 4) is 0 Å². The van der Waals surface area contributed by atoms with E-state index in [0.29, 0.717) is 0 Å². The van der Waals surface area contributed by atoms with Crippen LogP contribution in [0.1, 0.15) is 31.2 Å². The number of carbonyl (C=O) groups is 1. The van der Waals surface area contributed by atoms with E-state index >= 15 is 0 Å². The first-order chi connectivity index (χ1) is 8.25. The number of rotatable bonds is 4. The fraction of sp³-hybridized carbons (Fsp3) is 0.500. The van der Waals surface area contributed by atoms with Crippen molar-refractivity contribution in [2.24, 2.45) is 0 Å². The predicted molar refractivity (Wildman–Crippen MR) is 66.7 cm³/mol. The summed E-state index contributed by atoms with van der Waals surface area (Å²) in [5.41, 5.74) is 1.27. The number of aliphatic carboxylic acids is 1. The number of benzene rings is 1. The third-order valence-corrected chi connectivity index (χ3v) is 3.39. The van der Waals surface area contributed by atoms with Gasteiger partial charge in [-0.1, -0.05) is 36.8 Å². The topological polar surface area (TPSA) is 40.5 Å². The molecule has 1 aromatic rings. The Labute approximate surface area is 102 Å². The summed E-state index contributed by atoms with van der Waals surface area (Å²) in [5.74, 6) is -0.685. The Hall–Kier alpha value is -1.35. The molecule has 0 radical (unpaired) electrons. The van der Waals surface area contributed by atoms with Crippen LogP contribution in [0.15, 0.2) is 30.3 Å². The monoisotopic (exact) mass is 233 g/mol. The van der Waals surface area contributed by atoms with E-state index in [1.807, 2.05) is 18.2 Å². The molecule has 1 unspecified atom stereocenters. The number of hydrogen-bond acceptors (Lipinski definition) is 2. The second kappa shape index (κ2) is 5.82. The van der Waals surface area contributed by atoms with E-state index in [9.17, 15) is 4.79 Å². The molecule has 0 bridgehead atoms. The van der Waals surface area contributed by atoms with E-state index in [0.717, 1.165) is 25.9 Å². The summed E-state index contributed by atoms with van der Waals surface area (Å²) in [6.07, 6.45) is 3.62. The Morgan fingerprint density at radius 1 is 1.29 bits per heavy atom. The molecule has 1 aromatic carbocycles. The lowest BCUT2D eigenvalue weighted by Crippen LogP contribution is -2.40. The number of likely N-dealkylation sites (tertiary alicyclic amines) is 1. The number of carboxylic acid groups (broad SMARTS) is 1. The molecule has 1 atom stereocenters. The van der Waals surface area contributed by atoms with Gasteiger partial charge < -0.3 is 5.11 Å². The number of carboxylic acids is 1. The Kier molecular flexibility index (Phi) is 4.15. The quantitative estimate of drug-likeness (QED) is 0.868. The summed E-state index contributed by atoms with van der Waals surface area (Å²) in [6, 6.07) is 10.5. The van der Waals surface area contributed by atoms with Gasteiger partial charge in [0.15, 0.2) is 0 Å². The molecule has 2 rings (SSSR count). The molecule has 0 aromatic heterocycles. The second-order valence-electron chi connectivity index (χ2n) is 4.70. The Morgan fingerprint density at radius 2 is 2.06 bits per heavy atom. The summed E-state index contributed by atoms with van der Waals surface area (Å²) < 4.78 is 0. The maximum atomic E-state index is 10.8. The van der Waals surface area contributed by atoms with Gasteiger partial charge >= 0.3 is 5.97 Å². The minimum absolute atomic E-state index is 0.210. The largest absolute Gasteiger partial charge is 0.481 e. The molecule has 17 heavy (non-hydrogen) atoms. The first-order valence-electron chi connectivity index (χ1n) is 6.25. The van der Waals surface area contributed by atoms with Gasteiger partial charge in [0.25, 0.3) is 0 Å². The van der Waals surface area contributed by atoms with Gasteiger partial charge in [-0.15, -0.1) is 0 Å². The number of hydrogen-bond donors (Lipinski definition) is 1. The van der Waals surface area contributed by atoms with Crippen molar-refractivity contribution >= 4 is 5.97 Å². The summed E-state index contributed by atoms with van der Waals surface area (Å²) in [7, 11) is 0. The fourth-order valence-electron chi connectivity index (χ4n) is 2.52. The molecular formula is C14H19NO2. The van der Waals surface area contributed by atoms with Gasteiger partial charge in [0.05, 0.1) is 6.42 Å². The normalized spacial score (nSPS) is 21.3. The third-order valence-electron chi connectivity index (χ3n) is 3.39. The summed E-state index contributed by atoms with van der Waals surface area (Å²) >= 11 is 0. The SMILES string of the molecule is O=C(O)CC1CCCCN1Cc1ccccc1. The van der Waals surface area contributed by atoms with Crippen molar-refractivity contribution in [2.45, 2.75) is 38.3 Å². The van der Waals surface area contributed by atoms with Gasteiger partial charge in [0.1, 0.15) is 0 Å². The fourth-order valence-corrected chi connectivity index (χ4v) is 2.52. The first-order valence-corrected chi connectivity index (χ1v) is 6.25. The predicted octanol–water partition coefficient (Wildman–Crippen LogP) is 2.52. The average Bonchev–Trinajstić information content (AvgIpc) is 2.32. The van der Waals surface area contributed by atoms with Crippen LogP contribution in [0, 0.1) is 0 Å². The highest BCUT2D eigenvalue weighted by atomic mass is 16.4. The maximum Gasteiger partial charge on any atom is 0.304 e. The standard InChI is InChI=1S/C14H19NO2/c16-14(17)10-13-8-4-5-9-15(13)11-12-6-2-1-3-7-12/h1-3,6-7,13H,4-5,8-11H2,(H,16,17). The van der Waals surface area contributed by atoms with Gasteiger partial charge in [-0.25, -0.2) is 0 Å². The van der Waals surface area contributed by atoms with E-state index in [2.05, 4.69) is 17.0 Å². The highest BCUT2D eigenvalue weighted by Crippen LogP contribution is 2.21. The molecule has 92 valence electrons. The van der Waals surface area contributed by atoms with E-state index < -0.39 is 5.97 Å². The summed E-state index contributed by atoms with van der Waals surface area (Å²) in [6.45, 7) is 1.89. The molecule has 3 nitrogen and oxygen atoms in total. The van der Waals surface area contributed by atoms with E-state index in [1.165, 1.54) is 12.0 Å². The molecule has 0 aliphatic carbocycles. The average molecular weight is 233 g/mol. The van der Waals surface area contributed by atoms with E-state index in [-0.39, 0.29) is 12.5 Å². The van der Waals surface area contributed by atoms with Crippen LogP contribution in [-0.4, -0.2) is 28.6 Å². The highest BCUT2D eigenvalue weighted by molar-refractivity contribution is 5.67. The minimum Gasteiger partial charge on any atom is -0.481 e. The van der Waals surface area contributed by atoms with Crippen LogP contribution in [-0.2, 0) is 11.3 Å². The van der Waals surface area contributed by atoms with Crippen molar-refractivity contribution in [2.75, 3.05) is 6.54 Å². The number of piperidine rings is 1. The minimum atomic E-state index is -0.685. The Morgan fingerprint density at radius 3 is 2.76 bits per heavy atom. The van der Waals surface area contributed by atoms with Crippen molar-refractivity contribution < 1.29 is 9.90 Å². The lowest BCUT2D eigenvalue weighted by atomic mass is 9.98. The molecule has 1 aliphatic rings. The molecule has 1 saturated heterocycles. The van der Waals surface area contributed by atoms with Crippen LogP contribution in [0.4, 0.5) is 0 Å². The van der Waals surface area contributed by atoms with Crippen LogP contribution in [0.3, 0.4) is 0 Å². The number of nitrogens with zero attached hydrogens (tertiary/aromatic N) is 1. The van der Waals surface area contributed by atoms with Crippen LogP contribution in [0.5, 0.6) is 0 Å². The molecule has 1 heterocycles. The molecule has 3 heteroatoms. The zero-order chi connectivity index (χ0) is 12.1. The second-order valence-corrected chi connectivity index (χ2v) is 4.70. The van der Waals surface area contributed by atoms with Crippen LogP contribution in [0.2, 0.25) is 0 Å². The lowest BCUT2D eigenvalue weighted by Gasteiger charge is -2.34. The Bertz CT molecular complexity index is 364. The van der Waals surface area contributed by atoms with Gasteiger partial charge in [-0.3, -0.25) is 9.69 Å². The molecule has 0 amide bonds. The molecule has 1 N–H and O–H groups in total. The van der Waals surface area contributed by atoms with E-state index in [4.69, 9.17) is 5.11 Å². The molecule has 1 aliphatic heterocycles. The lowest BCUT2D eigenvalue weighted by molar-refractivity contribution is -0.138. The van der Waals surface area contributed by atoms with Gasteiger partial charge in [-0.05, 0) is 24.9 Å². The van der Waals surface area contributed by atoms with Gasteiger partial charge in [0, 0.05) is 12.6 Å². The Balaban J connectivity index is 1.99. The van der Waals surface area contributed by atoms with Crippen LogP contribution in [0.25, 0.3) is 0 Å². The third kappa shape index (κ3) is 3.56. The van der Waals surface area contributed by atoms with E-state index in [1.54, 1.807) is 0 Å². The van der Waals surface area contributed by atoms with Crippen LogP contribution >= 0.6 is 0 Å². The maximum absolute atomic E-state index is 10.8. The highest BCUT2D eigenvalue weighted by Gasteiger charge is 2.24. The summed E-state index contributed by atoms with van der Waals surface area (Å²) in [5, 5.41) is 8.92. The van der Waals surface area contributed by atoms with Crippen molar-refractivity contribution in [3.63, 3.8) is 0 Å². The van der Waals surface area contributed by atoms with Gasteiger partial charge in [0.2, 0.25) is 0 Å².